The van der Waals surface area contributed by atoms with Gasteiger partial charge in [0, 0.05) is 55.6 Å². The number of benzene rings is 1. The molecule has 0 radical (unpaired) electrons. The largest absolute Gasteiger partial charge is 0.487 e. The standard InChI is InChI=1S/C24H27N5O3/c1-23(2)12-16-10-18(27-22(30)17-13-26-29-7-3-6-25-21(17)29)19(11-20(16)32-23)28-8-4-24(14-28)5-9-31-15-24/h3,6-7,10-11,13H,4-5,8-9,12,14-15H2,1-2H3,(H,27,30)/t24-/m0/s1. The molecule has 3 aliphatic rings. The average Bonchev–Trinajstić information content (AvgIpc) is 3.53. The summed E-state index contributed by atoms with van der Waals surface area (Å²) in [6.45, 7) is 7.70. The van der Waals surface area contributed by atoms with Crippen LogP contribution in [0.2, 0.25) is 0 Å². The Labute approximate surface area is 186 Å². The fourth-order valence-electron chi connectivity index (χ4n) is 5.29. The predicted octanol–water partition coefficient (Wildman–Crippen LogP) is 3.31. The number of nitrogens with zero attached hydrogens (tertiary/aromatic N) is 4. The van der Waals surface area contributed by atoms with Gasteiger partial charge in [0.25, 0.3) is 5.91 Å². The Morgan fingerprint density at radius 3 is 3.00 bits per heavy atom. The molecule has 3 aliphatic heterocycles. The van der Waals surface area contributed by atoms with Crippen molar-refractivity contribution in [1.82, 2.24) is 14.6 Å². The van der Waals surface area contributed by atoms with E-state index in [1.54, 1.807) is 29.2 Å². The molecule has 1 spiro atoms. The zero-order chi connectivity index (χ0) is 21.9. The number of hydrogen-bond donors (Lipinski definition) is 1. The minimum absolute atomic E-state index is 0.212. The van der Waals surface area contributed by atoms with Gasteiger partial charge in [0.2, 0.25) is 0 Å². The molecule has 2 saturated heterocycles. The van der Waals surface area contributed by atoms with Crippen molar-refractivity contribution in [3.05, 3.63) is 47.9 Å². The molecule has 0 bridgehead atoms. The molecule has 8 nitrogen and oxygen atoms in total. The lowest BCUT2D eigenvalue weighted by molar-refractivity contribution is 0.102. The van der Waals surface area contributed by atoms with Crippen LogP contribution in [-0.4, -0.2) is 52.4 Å². The van der Waals surface area contributed by atoms with Crippen LogP contribution in [0.4, 0.5) is 11.4 Å². The molecule has 0 aliphatic carbocycles. The minimum Gasteiger partial charge on any atom is -0.487 e. The maximum atomic E-state index is 13.3. The van der Waals surface area contributed by atoms with E-state index >= 15 is 0 Å². The molecule has 1 amide bonds. The molecule has 2 fully saturated rings. The second-order valence-corrected chi connectivity index (χ2v) is 9.89. The molecule has 0 unspecified atom stereocenters. The van der Waals surface area contributed by atoms with Crippen LogP contribution in [0, 0.1) is 5.41 Å². The van der Waals surface area contributed by atoms with Gasteiger partial charge in [-0.15, -0.1) is 0 Å². The Bertz CT molecular complexity index is 1210. The normalized spacial score (nSPS) is 23.6. The zero-order valence-electron chi connectivity index (χ0n) is 18.4. The highest BCUT2D eigenvalue weighted by molar-refractivity contribution is 6.09. The van der Waals surface area contributed by atoms with Gasteiger partial charge >= 0.3 is 0 Å². The lowest BCUT2D eigenvalue weighted by atomic mass is 9.87. The summed E-state index contributed by atoms with van der Waals surface area (Å²) < 4.78 is 13.5. The monoisotopic (exact) mass is 433 g/mol. The van der Waals surface area contributed by atoms with E-state index in [-0.39, 0.29) is 16.9 Å². The van der Waals surface area contributed by atoms with E-state index < -0.39 is 0 Å². The van der Waals surface area contributed by atoms with E-state index in [4.69, 9.17) is 9.47 Å². The Morgan fingerprint density at radius 1 is 1.25 bits per heavy atom. The second kappa shape index (κ2) is 6.93. The lowest BCUT2D eigenvalue weighted by Crippen LogP contribution is -2.28. The van der Waals surface area contributed by atoms with Gasteiger partial charge in [0.05, 0.1) is 24.2 Å². The van der Waals surface area contributed by atoms with Crippen molar-refractivity contribution >= 4 is 22.9 Å². The summed E-state index contributed by atoms with van der Waals surface area (Å²) >= 11 is 0. The van der Waals surface area contributed by atoms with Crippen LogP contribution in [0.15, 0.2) is 36.8 Å². The highest BCUT2D eigenvalue weighted by Gasteiger charge is 2.42. The van der Waals surface area contributed by atoms with E-state index in [0.717, 1.165) is 68.3 Å². The van der Waals surface area contributed by atoms with E-state index in [9.17, 15) is 4.79 Å². The molecule has 1 aromatic carbocycles. The molecular weight excluding hydrogens is 406 g/mol. The number of hydrogen-bond acceptors (Lipinski definition) is 6. The highest BCUT2D eigenvalue weighted by atomic mass is 16.5. The molecule has 5 heterocycles. The van der Waals surface area contributed by atoms with Crippen LogP contribution in [0.5, 0.6) is 5.75 Å². The Hall–Kier alpha value is -3.13. The van der Waals surface area contributed by atoms with Gasteiger partial charge in [0.15, 0.2) is 5.65 Å². The van der Waals surface area contributed by atoms with Crippen LogP contribution in [0.1, 0.15) is 42.6 Å². The molecule has 32 heavy (non-hydrogen) atoms. The summed E-state index contributed by atoms with van der Waals surface area (Å²) in [5.41, 5.74) is 3.89. The number of carbonyl (C=O) groups is 1. The third-order valence-corrected chi connectivity index (χ3v) is 6.92. The van der Waals surface area contributed by atoms with E-state index in [2.05, 4.69) is 46.3 Å². The van der Waals surface area contributed by atoms with Crippen molar-refractivity contribution in [3.8, 4) is 5.75 Å². The third kappa shape index (κ3) is 3.21. The van der Waals surface area contributed by atoms with Gasteiger partial charge in [-0.1, -0.05) is 0 Å². The zero-order valence-corrected chi connectivity index (χ0v) is 18.4. The predicted molar refractivity (Wildman–Crippen MR) is 120 cm³/mol. The molecule has 8 heteroatoms. The lowest BCUT2D eigenvalue weighted by Gasteiger charge is -2.26. The summed E-state index contributed by atoms with van der Waals surface area (Å²) in [5.74, 6) is 0.695. The quantitative estimate of drug-likeness (QED) is 0.683. The number of amides is 1. The fraction of sp³-hybridized carbons (Fsp3) is 0.458. The van der Waals surface area contributed by atoms with E-state index in [1.807, 2.05) is 0 Å². The smallest absolute Gasteiger partial charge is 0.261 e. The van der Waals surface area contributed by atoms with Crippen LogP contribution >= 0.6 is 0 Å². The first-order chi connectivity index (χ1) is 15.4. The summed E-state index contributed by atoms with van der Waals surface area (Å²) in [6, 6.07) is 5.97. The van der Waals surface area contributed by atoms with Gasteiger partial charge in [0.1, 0.15) is 16.9 Å². The van der Waals surface area contributed by atoms with Gasteiger partial charge in [-0.05, 0) is 38.8 Å². The number of carbonyl (C=O) groups excluding carboxylic acids is 1. The number of aromatic nitrogens is 3. The minimum atomic E-state index is -0.250. The van der Waals surface area contributed by atoms with Gasteiger partial charge in [-0.3, -0.25) is 4.79 Å². The van der Waals surface area contributed by atoms with Crippen molar-refractivity contribution in [2.24, 2.45) is 5.41 Å². The van der Waals surface area contributed by atoms with Crippen molar-refractivity contribution in [3.63, 3.8) is 0 Å². The van der Waals surface area contributed by atoms with Crippen LogP contribution in [-0.2, 0) is 11.2 Å². The van der Waals surface area contributed by atoms with Crippen molar-refractivity contribution in [2.45, 2.75) is 38.7 Å². The second-order valence-electron chi connectivity index (χ2n) is 9.89. The van der Waals surface area contributed by atoms with E-state index in [0.29, 0.717) is 11.2 Å². The topological polar surface area (TPSA) is 81.0 Å². The number of anilines is 2. The van der Waals surface area contributed by atoms with Gasteiger partial charge in [-0.2, -0.15) is 5.10 Å². The Kier molecular flexibility index (Phi) is 4.24. The summed E-state index contributed by atoms with van der Waals surface area (Å²) in [6.07, 6.45) is 8.02. The first-order valence-corrected chi connectivity index (χ1v) is 11.2. The molecule has 166 valence electrons. The van der Waals surface area contributed by atoms with Crippen LogP contribution in [0.3, 0.4) is 0 Å². The first-order valence-electron chi connectivity index (χ1n) is 11.2. The van der Waals surface area contributed by atoms with Crippen molar-refractivity contribution in [1.29, 1.82) is 0 Å². The van der Waals surface area contributed by atoms with Crippen LogP contribution in [0.25, 0.3) is 5.65 Å². The molecular formula is C24H27N5O3. The fourth-order valence-corrected chi connectivity index (χ4v) is 5.29. The summed E-state index contributed by atoms with van der Waals surface area (Å²) in [4.78, 5) is 20.0. The SMILES string of the molecule is CC1(C)Cc2cc(NC(=O)c3cnn4cccnc34)c(N3CC[C@]4(CCOC4)C3)cc2O1. The maximum absolute atomic E-state index is 13.3. The summed E-state index contributed by atoms with van der Waals surface area (Å²) in [7, 11) is 0. The Balaban J connectivity index is 1.36. The van der Waals surface area contributed by atoms with Crippen LogP contribution < -0.4 is 15.0 Å². The molecule has 1 N–H and O–H groups in total. The number of rotatable bonds is 3. The van der Waals surface area contributed by atoms with Gasteiger partial charge < -0.3 is 19.7 Å². The number of nitrogens with one attached hydrogen (secondary N) is 1. The number of ether oxygens (including phenoxy) is 2. The molecule has 0 saturated carbocycles. The number of fused-ring (bicyclic) bond motifs is 2. The molecule has 2 aromatic heterocycles. The summed E-state index contributed by atoms with van der Waals surface area (Å²) in [5, 5.41) is 7.41. The Morgan fingerprint density at radius 2 is 2.16 bits per heavy atom. The first kappa shape index (κ1) is 19.5. The molecule has 1 atom stereocenters. The average molecular weight is 434 g/mol. The third-order valence-electron chi connectivity index (χ3n) is 6.92. The molecule has 6 rings (SSSR count). The highest BCUT2D eigenvalue weighted by Crippen LogP contribution is 2.46. The van der Waals surface area contributed by atoms with Crippen molar-refractivity contribution < 1.29 is 14.3 Å². The van der Waals surface area contributed by atoms with E-state index in [1.165, 1.54) is 0 Å². The maximum Gasteiger partial charge on any atom is 0.261 e. The van der Waals surface area contributed by atoms with Crippen molar-refractivity contribution in [2.75, 3.05) is 36.5 Å². The molecule has 3 aromatic rings. The van der Waals surface area contributed by atoms with Gasteiger partial charge in [-0.25, -0.2) is 9.50 Å².